The van der Waals surface area contributed by atoms with Gasteiger partial charge in [-0.15, -0.1) is 0 Å². The fourth-order valence-corrected chi connectivity index (χ4v) is 2.23. The van der Waals surface area contributed by atoms with E-state index in [0.717, 1.165) is 0 Å². The molecule has 3 aromatic rings. The molecule has 6 nitrogen and oxygen atoms in total. The van der Waals surface area contributed by atoms with Gasteiger partial charge in [0.05, 0.1) is 11.6 Å². The molecule has 0 atom stereocenters. The summed E-state index contributed by atoms with van der Waals surface area (Å²) in [5.41, 5.74) is 1.72. The Labute approximate surface area is 149 Å². The lowest BCUT2D eigenvalue weighted by Gasteiger charge is -2.08. The number of nitrogens with one attached hydrogen (secondary N) is 2. The third kappa shape index (κ3) is 4.19. The highest BCUT2D eigenvalue weighted by molar-refractivity contribution is 6.03. The predicted molar refractivity (Wildman–Crippen MR) is 94.9 cm³/mol. The van der Waals surface area contributed by atoms with Crippen molar-refractivity contribution >= 4 is 17.4 Å². The third-order valence-corrected chi connectivity index (χ3v) is 3.59. The van der Waals surface area contributed by atoms with Crippen LogP contribution in [0.1, 0.15) is 21.6 Å². The SMILES string of the molecule is N#Cc1ccc(NC(=O)c2cc(NCc3ccccc3F)ncn2)cc1. The summed E-state index contributed by atoms with van der Waals surface area (Å²) in [6, 6.07) is 16.4. The van der Waals surface area contributed by atoms with Crippen LogP contribution in [0.25, 0.3) is 0 Å². The average Bonchev–Trinajstić information content (AvgIpc) is 2.68. The number of carbonyl (C=O) groups is 1. The van der Waals surface area contributed by atoms with Crippen molar-refractivity contribution in [3.63, 3.8) is 0 Å². The first kappa shape index (κ1) is 17.0. The van der Waals surface area contributed by atoms with Crippen LogP contribution < -0.4 is 10.6 Å². The van der Waals surface area contributed by atoms with Gasteiger partial charge in [-0.3, -0.25) is 4.79 Å². The Morgan fingerprint density at radius 3 is 2.62 bits per heavy atom. The summed E-state index contributed by atoms with van der Waals surface area (Å²) < 4.78 is 13.6. The number of aromatic nitrogens is 2. The Hall–Kier alpha value is -3.79. The fourth-order valence-electron chi connectivity index (χ4n) is 2.23. The Kier molecular flexibility index (Phi) is 5.15. The van der Waals surface area contributed by atoms with Gasteiger partial charge in [-0.2, -0.15) is 5.26 Å². The molecule has 0 unspecified atom stereocenters. The van der Waals surface area contributed by atoms with E-state index in [1.54, 1.807) is 42.5 Å². The van der Waals surface area contributed by atoms with Gasteiger partial charge < -0.3 is 10.6 Å². The largest absolute Gasteiger partial charge is 0.366 e. The summed E-state index contributed by atoms with van der Waals surface area (Å²) in [5.74, 6) is -0.313. The topological polar surface area (TPSA) is 90.7 Å². The first-order chi connectivity index (χ1) is 12.7. The van der Waals surface area contributed by atoms with Gasteiger partial charge in [0, 0.05) is 23.9 Å². The second kappa shape index (κ2) is 7.85. The molecule has 1 heterocycles. The second-order valence-corrected chi connectivity index (χ2v) is 5.38. The summed E-state index contributed by atoms with van der Waals surface area (Å²) >= 11 is 0. The highest BCUT2D eigenvalue weighted by Gasteiger charge is 2.10. The van der Waals surface area contributed by atoms with Gasteiger partial charge >= 0.3 is 0 Å². The van der Waals surface area contributed by atoms with Crippen LogP contribution in [0.3, 0.4) is 0 Å². The smallest absolute Gasteiger partial charge is 0.274 e. The highest BCUT2D eigenvalue weighted by Crippen LogP contribution is 2.13. The minimum atomic E-state index is -0.411. The Morgan fingerprint density at radius 1 is 1.12 bits per heavy atom. The van der Waals surface area contributed by atoms with Gasteiger partial charge in [-0.1, -0.05) is 18.2 Å². The molecule has 0 aliphatic heterocycles. The molecule has 0 aliphatic rings. The molecule has 0 saturated heterocycles. The zero-order valence-electron chi connectivity index (χ0n) is 13.6. The van der Waals surface area contributed by atoms with Gasteiger partial charge in [-0.05, 0) is 30.3 Å². The number of hydrogen-bond acceptors (Lipinski definition) is 5. The van der Waals surface area contributed by atoms with Crippen LogP contribution in [-0.4, -0.2) is 15.9 Å². The van der Waals surface area contributed by atoms with Crippen LogP contribution in [0.5, 0.6) is 0 Å². The van der Waals surface area contributed by atoms with E-state index in [1.807, 2.05) is 6.07 Å². The van der Waals surface area contributed by atoms with E-state index < -0.39 is 5.91 Å². The summed E-state index contributed by atoms with van der Waals surface area (Å²) in [4.78, 5) is 20.3. The van der Waals surface area contributed by atoms with Crippen molar-refractivity contribution in [1.29, 1.82) is 5.26 Å². The van der Waals surface area contributed by atoms with Gasteiger partial charge in [0.25, 0.3) is 5.91 Å². The van der Waals surface area contributed by atoms with E-state index in [1.165, 1.54) is 18.5 Å². The normalized spacial score (nSPS) is 10.0. The molecular weight excluding hydrogens is 333 g/mol. The molecule has 26 heavy (non-hydrogen) atoms. The molecule has 2 aromatic carbocycles. The van der Waals surface area contributed by atoms with E-state index in [-0.39, 0.29) is 18.1 Å². The summed E-state index contributed by atoms with van der Waals surface area (Å²) in [7, 11) is 0. The average molecular weight is 347 g/mol. The Balaban J connectivity index is 1.67. The quantitative estimate of drug-likeness (QED) is 0.738. The zero-order valence-corrected chi connectivity index (χ0v) is 13.6. The molecule has 2 N–H and O–H groups in total. The molecule has 1 amide bonds. The maximum atomic E-state index is 13.6. The minimum absolute atomic E-state index is 0.167. The van der Waals surface area contributed by atoms with Crippen molar-refractivity contribution < 1.29 is 9.18 Å². The van der Waals surface area contributed by atoms with Crippen LogP contribution in [0.2, 0.25) is 0 Å². The van der Waals surface area contributed by atoms with Gasteiger partial charge in [-0.25, -0.2) is 14.4 Å². The predicted octanol–water partition coefficient (Wildman–Crippen LogP) is 3.35. The Bertz CT molecular complexity index is 966. The number of halogens is 1. The molecular formula is C19H14FN5O. The van der Waals surface area contributed by atoms with E-state index >= 15 is 0 Å². The second-order valence-electron chi connectivity index (χ2n) is 5.38. The first-order valence-electron chi connectivity index (χ1n) is 7.76. The molecule has 1 aromatic heterocycles. The molecule has 0 radical (unpaired) electrons. The Morgan fingerprint density at radius 2 is 1.88 bits per heavy atom. The molecule has 0 aliphatic carbocycles. The molecule has 3 rings (SSSR count). The van der Waals surface area contributed by atoms with E-state index in [4.69, 9.17) is 5.26 Å². The number of amides is 1. The maximum absolute atomic E-state index is 13.6. The molecule has 0 fully saturated rings. The monoisotopic (exact) mass is 347 g/mol. The third-order valence-electron chi connectivity index (χ3n) is 3.59. The number of hydrogen-bond donors (Lipinski definition) is 2. The standard InChI is InChI=1S/C19H14FN5O/c20-16-4-2-1-3-14(16)11-22-18-9-17(23-12-24-18)19(26)25-15-7-5-13(10-21)6-8-15/h1-9,12H,11H2,(H,25,26)(H,22,23,24). The van der Waals surface area contributed by atoms with E-state index in [2.05, 4.69) is 20.6 Å². The van der Waals surface area contributed by atoms with Crippen LogP contribution >= 0.6 is 0 Å². The molecule has 0 spiro atoms. The highest BCUT2D eigenvalue weighted by atomic mass is 19.1. The molecule has 0 saturated carbocycles. The van der Waals surface area contributed by atoms with Crippen LogP contribution in [0.4, 0.5) is 15.9 Å². The van der Waals surface area contributed by atoms with Gasteiger partial charge in [0.15, 0.2) is 0 Å². The number of rotatable bonds is 5. The lowest BCUT2D eigenvalue weighted by atomic mass is 10.2. The lowest BCUT2D eigenvalue weighted by molar-refractivity contribution is 0.102. The number of anilines is 2. The van der Waals surface area contributed by atoms with Crippen LogP contribution in [-0.2, 0) is 6.54 Å². The van der Waals surface area contributed by atoms with Crippen molar-refractivity contribution in [3.8, 4) is 6.07 Å². The number of nitriles is 1. The molecule has 128 valence electrons. The van der Waals surface area contributed by atoms with Crippen molar-refractivity contribution in [1.82, 2.24) is 9.97 Å². The van der Waals surface area contributed by atoms with Crippen molar-refractivity contribution in [2.45, 2.75) is 6.54 Å². The number of nitrogens with zero attached hydrogens (tertiary/aromatic N) is 3. The van der Waals surface area contributed by atoms with E-state index in [9.17, 15) is 9.18 Å². The summed E-state index contributed by atoms with van der Waals surface area (Å²) in [6.45, 7) is 0.236. The first-order valence-corrected chi connectivity index (χ1v) is 7.76. The fraction of sp³-hybridized carbons (Fsp3) is 0.0526. The van der Waals surface area contributed by atoms with Crippen LogP contribution in [0.15, 0.2) is 60.9 Å². The van der Waals surface area contributed by atoms with Crippen molar-refractivity contribution in [2.24, 2.45) is 0 Å². The van der Waals surface area contributed by atoms with Gasteiger partial charge in [0.1, 0.15) is 23.7 Å². The molecule has 0 bridgehead atoms. The number of carbonyl (C=O) groups excluding carboxylic acids is 1. The lowest BCUT2D eigenvalue weighted by Crippen LogP contribution is -2.14. The summed E-state index contributed by atoms with van der Waals surface area (Å²) in [6.07, 6.45) is 1.26. The van der Waals surface area contributed by atoms with Gasteiger partial charge in [0.2, 0.25) is 0 Å². The molecule has 7 heteroatoms. The minimum Gasteiger partial charge on any atom is -0.366 e. The maximum Gasteiger partial charge on any atom is 0.274 e. The van der Waals surface area contributed by atoms with E-state index in [0.29, 0.717) is 22.6 Å². The summed E-state index contributed by atoms with van der Waals surface area (Å²) in [5, 5.41) is 14.4. The van der Waals surface area contributed by atoms with Crippen molar-refractivity contribution in [3.05, 3.63) is 83.6 Å². The van der Waals surface area contributed by atoms with Crippen molar-refractivity contribution in [2.75, 3.05) is 10.6 Å². The number of benzene rings is 2. The van der Waals surface area contributed by atoms with Crippen LogP contribution in [0, 0.1) is 17.1 Å². The zero-order chi connectivity index (χ0) is 18.4.